The van der Waals surface area contributed by atoms with E-state index >= 15 is 0 Å². The van der Waals surface area contributed by atoms with E-state index in [1.54, 1.807) is 38.1 Å². The number of carbonyl (C=O) groups is 2. The zero-order valence-electron chi connectivity index (χ0n) is 22.6. The minimum atomic E-state index is -4.38. The number of rotatable bonds is 12. The predicted molar refractivity (Wildman–Crippen MR) is 151 cm³/mol. The minimum Gasteiger partial charge on any atom is -0.493 e. The molecule has 0 aliphatic heterocycles. The van der Waals surface area contributed by atoms with Gasteiger partial charge in [-0.3, -0.25) is 13.9 Å². The first kappa shape index (κ1) is 30.7. The van der Waals surface area contributed by atoms with Gasteiger partial charge in [-0.15, -0.1) is 0 Å². The second-order valence-electron chi connectivity index (χ2n) is 8.72. The zero-order chi connectivity index (χ0) is 29.4. The molecule has 40 heavy (non-hydrogen) atoms. The van der Waals surface area contributed by atoms with E-state index in [1.807, 2.05) is 0 Å². The number of hydrogen-bond donors (Lipinski definition) is 1. The van der Waals surface area contributed by atoms with Crippen LogP contribution < -0.4 is 19.1 Å². The van der Waals surface area contributed by atoms with E-state index in [4.69, 9.17) is 21.1 Å². The van der Waals surface area contributed by atoms with Crippen molar-refractivity contribution in [3.8, 4) is 11.5 Å². The summed E-state index contributed by atoms with van der Waals surface area (Å²) in [5.74, 6) is -1.14. The third kappa shape index (κ3) is 7.22. The Labute approximate surface area is 238 Å². The molecular formula is C28H31ClFN3O6S. The van der Waals surface area contributed by atoms with Crippen molar-refractivity contribution in [1.82, 2.24) is 10.2 Å². The molecule has 214 valence electrons. The van der Waals surface area contributed by atoms with Crippen LogP contribution in [-0.4, -0.2) is 58.5 Å². The molecule has 0 unspecified atom stereocenters. The smallest absolute Gasteiger partial charge is 0.264 e. The van der Waals surface area contributed by atoms with Gasteiger partial charge >= 0.3 is 0 Å². The maximum atomic E-state index is 13.9. The van der Waals surface area contributed by atoms with Crippen LogP contribution in [0.1, 0.15) is 19.4 Å². The standard InChI is InChI=1S/C28H31ClFN3O6S/c1-5-31-28(35)19(2)32(17-20-6-8-21(29)9-7-20)27(34)18-33(23-12-10-22(30)11-13-23)40(36,37)24-14-15-25(38-3)26(16-24)39-4/h6-16,19H,5,17-18H2,1-4H3,(H,31,35)/t19-/m0/s1. The molecule has 1 N–H and O–H groups in total. The van der Waals surface area contributed by atoms with E-state index in [1.165, 1.54) is 49.5 Å². The number of amides is 2. The van der Waals surface area contributed by atoms with Crippen molar-refractivity contribution < 1.29 is 31.9 Å². The minimum absolute atomic E-state index is 0.0158. The van der Waals surface area contributed by atoms with Gasteiger partial charge in [0.15, 0.2) is 11.5 Å². The van der Waals surface area contributed by atoms with Gasteiger partial charge in [-0.05, 0) is 67.9 Å². The maximum Gasteiger partial charge on any atom is 0.264 e. The Morgan fingerprint density at radius 2 is 1.60 bits per heavy atom. The van der Waals surface area contributed by atoms with Gasteiger partial charge < -0.3 is 19.7 Å². The number of anilines is 1. The van der Waals surface area contributed by atoms with Crippen molar-refractivity contribution in [2.24, 2.45) is 0 Å². The fourth-order valence-electron chi connectivity index (χ4n) is 3.93. The van der Waals surface area contributed by atoms with Gasteiger partial charge in [0.2, 0.25) is 11.8 Å². The van der Waals surface area contributed by atoms with Crippen LogP contribution >= 0.6 is 11.6 Å². The molecule has 0 saturated carbocycles. The Hall–Kier alpha value is -3.83. The number of halogens is 2. The lowest BCUT2D eigenvalue weighted by atomic mass is 10.1. The zero-order valence-corrected chi connectivity index (χ0v) is 24.1. The van der Waals surface area contributed by atoms with Crippen LogP contribution in [0.3, 0.4) is 0 Å². The Kier molecular flexibility index (Phi) is 10.4. The number of carbonyl (C=O) groups excluding carboxylic acids is 2. The molecule has 1 atom stereocenters. The summed E-state index contributed by atoms with van der Waals surface area (Å²) in [6.45, 7) is 3.01. The summed E-state index contributed by atoms with van der Waals surface area (Å²) >= 11 is 6.00. The predicted octanol–water partition coefficient (Wildman–Crippen LogP) is 4.25. The molecule has 3 aromatic rings. The first-order chi connectivity index (χ1) is 19.0. The number of methoxy groups -OCH3 is 2. The highest BCUT2D eigenvalue weighted by atomic mass is 35.5. The fourth-order valence-corrected chi connectivity index (χ4v) is 5.49. The highest BCUT2D eigenvalue weighted by Crippen LogP contribution is 2.32. The normalized spacial score (nSPS) is 11.8. The summed E-state index contributed by atoms with van der Waals surface area (Å²) in [7, 11) is -1.59. The highest BCUT2D eigenvalue weighted by Gasteiger charge is 2.33. The fraction of sp³-hybridized carbons (Fsp3) is 0.286. The van der Waals surface area contributed by atoms with E-state index in [-0.39, 0.29) is 22.9 Å². The van der Waals surface area contributed by atoms with Gasteiger partial charge in [-0.2, -0.15) is 0 Å². The van der Waals surface area contributed by atoms with Crippen molar-refractivity contribution in [2.45, 2.75) is 31.3 Å². The van der Waals surface area contributed by atoms with E-state index in [0.717, 1.165) is 16.4 Å². The third-order valence-electron chi connectivity index (χ3n) is 6.12. The van der Waals surface area contributed by atoms with Crippen LogP contribution in [0.2, 0.25) is 5.02 Å². The van der Waals surface area contributed by atoms with Crippen LogP contribution in [0, 0.1) is 5.82 Å². The van der Waals surface area contributed by atoms with Gasteiger partial charge in [0.1, 0.15) is 18.4 Å². The molecular weight excluding hydrogens is 561 g/mol. The molecule has 0 heterocycles. The van der Waals surface area contributed by atoms with E-state index in [0.29, 0.717) is 22.9 Å². The number of nitrogens with one attached hydrogen (secondary N) is 1. The van der Waals surface area contributed by atoms with Crippen molar-refractivity contribution in [3.05, 3.63) is 83.1 Å². The summed E-state index contributed by atoms with van der Waals surface area (Å²) in [6.07, 6.45) is 0. The molecule has 3 aromatic carbocycles. The molecule has 0 spiro atoms. The summed E-state index contributed by atoms with van der Waals surface area (Å²) in [4.78, 5) is 27.7. The van der Waals surface area contributed by atoms with Crippen molar-refractivity contribution >= 4 is 39.1 Å². The molecule has 12 heteroatoms. The summed E-state index contributed by atoms with van der Waals surface area (Å²) in [5, 5.41) is 3.19. The molecule has 0 aromatic heterocycles. The van der Waals surface area contributed by atoms with Crippen LogP contribution in [0.15, 0.2) is 71.6 Å². The Morgan fingerprint density at radius 3 is 2.17 bits per heavy atom. The van der Waals surface area contributed by atoms with E-state index < -0.39 is 40.2 Å². The molecule has 0 aliphatic rings. The molecule has 2 amide bonds. The molecule has 0 aliphatic carbocycles. The number of sulfonamides is 1. The number of ether oxygens (including phenoxy) is 2. The van der Waals surface area contributed by atoms with Gasteiger partial charge in [0.25, 0.3) is 10.0 Å². The molecule has 0 radical (unpaired) electrons. The molecule has 0 bridgehead atoms. The Morgan fingerprint density at radius 1 is 0.975 bits per heavy atom. The number of hydrogen-bond acceptors (Lipinski definition) is 6. The highest BCUT2D eigenvalue weighted by molar-refractivity contribution is 7.92. The monoisotopic (exact) mass is 591 g/mol. The Bertz CT molecular complexity index is 1440. The van der Waals surface area contributed by atoms with Crippen molar-refractivity contribution in [2.75, 3.05) is 31.6 Å². The lowest BCUT2D eigenvalue weighted by Gasteiger charge is -2.32. The van der Waals surface area contributed by atoms with Gasteiger partial charge in [0, 0.05) is 24.2 Å². The number of benzene rings is 3. The van der Waals surface area contributed by atoms with E-state index in [2.05, 4.69) is 5.32 Å². The first-order valence-corrected chi connectivity index (χ1v) is 14.2. The van der Waals surface area contributed by atoms with Gasteiger partial charge in [0.05, 0.1) is 24.8 Å². The van der Waals surface area contributed by atoms with Gasteiger partial charge in [-0.1, -0.05) is 23.7 Å². The van der Waals surface area contributed by atoms with Gasteiger partial charge in [-0.25, -0.2) is 12.8 Å². The SMILES string of the molecule is CCNC(=O)[C@H](C)N(Cc1ccc(Cl)cc1)C(=O)CN(c1ccc(F)cc1)S(=O)(=O)c1ccc(OC)c(OC)c1. The molecule has 0 saturated heterocycles. The lowest BCUT2D eigenvalue weighted by Crippen LogP contribution is -2.51. The molecule has 9 nitrogen and oxygen atoms in total. The first-order valence-electron chi connectivity index (χ1n) is 12.3. The topological polar surface area (TPSA) is 105 Å². The second kappa shape index (κ2) is 13.5. The third-order valence-corrected chi connectivity index (χ3v) is 8.14. The van der Waals surface area contributed by atoms with E-state index in [9.17, 15) is 22.4 Å². The number of nitrogens with zero attached hydrogens (tertiary/aromatic N) is 2. The average Bonchev–Trinajstić information content (AvgIpc) is 2.95. The quantitative estimate of drug-likeness (QED) is 0.338. The van der Waals surface area contributed by atoms with Crippen molar-refractivity contribution in [1.29, 1.82) is 0 Å². The van der Waals surface area contributed by atoms with Crippen LogP contribution in [0.25, 0.3) is 0 Å². The maximum absolute atomic E-state index is 13.9. The summed E-state index contributed by atoms with van der Waals surface area (Å²) < 4.78 is 52.9. The second-order valence-corrected chi connectivity index (χ2v) is 11.0. The largest absolute Gasteiger partial charge is 0.493 e. The summed E-state index contributed by atoms with van der Waals surface area (Å²) in [5.41, 5.74) is 0.742. The number of likely N-dealkylation sites (N-methyl/N-ethyl adjacent to an activating group) is 1. The van der Waals surface area contributed by atoms with Crippen LogP contribution in [0.5, 0.6) is 11.5 Å². The average molecular weight is 592 g/mol. The molecule has 3 rings (SSSR count). The van der Waals surface area contributed by atoms with Crippen LogP contribution in [-0.2, 0) is 26.2 Å². The van der Waals surface area contributed by atoms with Crippen LogP contribution in [0.4, 0.5) is 10.1 Å². The Balaban J connectivity index is 2.06. The lowest BCUT2D eigenvalue weighted by molar-refractivity contribution is -0.139. The summed E-state index contributed by atoms with van der Waals surface area (Å²) in [6, 6.07) is 14.6. The molecule has 0 fully saturated rings. The van der Waals surface area contributed by atoms with Crippen molar-refractivity contribution in [3.63, 3.8) is 0 Å².